The first-order valence-electron chi connectivity index (χ1n) is 12.5. The van der Waals surface area contributed by atoms with E-state index >= 15 is 0 Å². The van der Waals surface area contributed by atoms with Gasteiger partial charge in [-0.1, -0.05) is 23.2 Å². The van der Waals surface area contributed by atoms with Crippen LogP contribution in [0.1, 0.15) is 24.0 Å². The first kappa shape index (κ1) is 27.8. The molecule has 2 aliphatic heterocycles. The molecule has 2 aromatic heterocycles. The molecule has 2 aliphatic rings. The molecular formula is C26H33Cl3N6O2. The number of oxazole rings is 2. The maximum absolute atomic E-state index is 6.04. The summed E-state index contributed by atoms with van der Waals surface area (Å²) in [6, 6.07) is 8.93. The van der Waals surface area contributed by atoms with Crippen LogP contribution in [0.15, 0.2) is 33.1 Å². The number of anilines is 2. The number of hydrogen-bond acceptors (Lipinski definition) is 8. The van der Waals surface area contributed by atoms with Crippen LogP contribution in [-0.4, -0.2) is 62.3 Å². The number of rotatable bonds is 2. The van der Waals surface area contributed by atoms with E-state index in [-0.39, 0.29) is 12.4 Å². The second-order valence-corrected chi connectivity index (χ2v) is 10.2. The van der Waals surface area contributed by atoms with Crippen LogP contribution >= 0.6 is 35.6 Å². The van der Waals surface area contributed by atoms with E-state index in [9.17, 15) is 0 Å². The Kier molecular flexibility index (Phi) is 9.42. The van der Waals surface area contributed by atoms with Crippen molar-refractivity contribution in [2.45, 2.75) is 26.7 Å². The summed E-state index contributed by atoms with van der Waals surface area (Å²) in [6.07, 6.45) is 2.22. The van der Waals surface area contributed by atoms with E-state index in [0.29, 0.717) is 22.1 Å². The first-order valence-corrected chi connectivity index (χ1v) is 13.3. The lowest BCUT2D eigenvalue weighted by Crippen LogP contribution is -2.27. The van der Waals surface area contributed by atoms with Crippen LogP contribution in [0.25, 0.3) is 22.2 Å². The maximum atomic E-state index is 6.04. The molecule has 8 nitrogen and oxygen atoms in total. The zero-order valence-corrected chi connectivity index (χ0v) is 23.5. The van der Waals surface area contributed by atoms with Gasteiger partial charge in [0.1, 0.15) is 11.0 Å². The lowest BCUT2D eigenvalue weighted by atomic mass is 10.2. The molecule has 37 heavy (non-hydrogen) atoms. The minimum absolute atomic E-state index is 0. The number of aryl methyl sites for hydroxylation is 2. The van der Waals surface area contributed by atoms with E-state index in [1.807, 2.05) is 38.1 Å². The molecule has 2 aromatic carbocycles. The molecule has 11 heteroatoms. The molecule has 0 radical (unpaired) electrons. The van der Waals surface area contributed by atoms with Crippen LogP contribution in [-0.2, 0) is 0 Å². The van der Waals surface area contributed by atoms with Gasteiger partial charge >= 0.3 is 0 Å². The molecule has 0 spiro atoms. The van der Waals surface area contributed by atoms with Gasteiger partial charge in [-0.3, -0.25) is 0 Å². The molecule has 0 amide bonds. The number of hydrogen-bond donors (Lipinski definition) is 2. The molecule has 0 bridgehead atoms. The normalized spacial score (nSPS) is 16.6. The van der Waals surface area contributed by atoms with E-state index in [4.69, 9.17) is 32.0 Å². The van der Waals surface area contributed by atoms with Gasteiger partial charge in [-0.25, -0.2) is 0 Å². The van der Waals surface area contributed by atoms with Gasteiger partial charge in [-0.05, 0) is 75.2 Å². The maximum Gasteiger partial charge on any atom is 0.298 e. The number of nitrogens with one attached hydrogen (secondary N) is 2. The quantitative estimate of drug-likeness (QED) is 0.324. The minimum Gasteiger partial charge on any atom is -0.423 e. The van der Waals surface area contributed by atoms with Crippen molar-refractivity contribution in [3.63, 3.8) is 0 Å². The SMILES string of the molecule is Cc1cc(Cl)cc2nc(N3CCCNCC3)oc12.Cc1cc(Cl)cc2nc(N3CCCNCC3)oc12.Cl. The molecule has 0 atom stereocenters. The van der Waals surface area contributed by atoms with E-state index in [1.54, 1.807) is 0 Å². The molecule has 2 fully saturated rings. The Bertz CT molecular complexity index is 1220. The summed E-state index contributed by atoms with van der Waals surface area (Å²) in [4.78, 5) is 13.5. The van der Waals surface area contributed by atoms with Crippen molar-refractivity contribution in [1.82, 2.24) is 20.6 Å². The summed E-state index contributed by atoms with van der Waals surface area (Å²) in [5.41, 5.74) is 5.42. The van der Waals surface area contributed by atoms with Crippen LogP contribution in [0, 0.1) is 13.8 Å². The fourth-order valence-electron chi connectivity index (χ4n) is 4.63. The van der Waals surface area contributed by atoms with Gasteiger partial charge < -0.3 is 29.3 Å². The Morgan fingerprint density at radius 1 is 0.676 bits per heavy atom. The minimum atomic E-state index is 0. The third-order valence-corrected chi connectivity index (χ3v) is 6.92. The van der Waals surface area contributed by atoms with Crippen LogP contribution < -0.4 is 20.4 Å². The highest BCUT2D eigenvalue weighted by Crippen LogP contribution is 2.29. The van der Waals surface area contributed by atoms with Gasteiger partial charge in [0.05, 0.1) is 0 Å². The average molecular weight is 568 g/mol. The molecular weight excluding hydrogens is 535 g/mol. The number of benzene rings is 2. The van der Waals surface area contributed by atoms with Crippen molar-refractivity contribution in [1.29, 1.82) is 0 Å². The monoisotopic (exact) mass is 566 g/mol. The fraction of sp³-hybridized carbons (Fsp3) is 0.462. The summed E-state index contributed by atoms with van der Waals surface area (Å²) in [6.45, 7) is 11.9. The Labute approximate surface area is 233 Å². The molecule has 0 unspecified atom stereocenters. The van der Waals surface area contributed by atoms with Gasteiger partial charge in [0.15, 0.2) is 11.2 Å². The lowest BCUT2D eigenvalue weighted by molar-refractivity contribution is 0.569. The standard InChI is InChI=1S/2C13H16ClN3O.ClH/c2*1-9-7-10(14)8-11-12(9)18-13(16-11)17-5-2-3-15-4-6-17;/h2*7-8,15H,2-6H2,1H3;1H. The highest BCUT2D eigenvalue weighted by molar-refractivity contribution is 6.31. The summed E-state index contributed by atoms with van der Waals surface area (Å²) < 4.78 is 11.8. The summed E-state index contributed by atoms with van der Waals surface area (Å²) >= 11 is 12.1. The third-order valence-electron chi connectivity index (χ3n) is 6.48. The van der Waals surface area contributed by atoms with E-state index in [0.717, 1.165) is 98.5 Å². The van der Waals surface area contributed by atoms with Crippen molar-refractivity contribution >= 4 is 69.8 Å². The van der Waals surface area contributed by atoms with Gasteiger partial charge in [-0.15, -0.1) is 12.4 Å². The van der Waals surface area contributed by atoms with Gasteiger partial charge in [0.2, 0.25) is 0 Å². The fourth-order valence-corrected chi connectivity index (χ4v) is 5.17. The van der Waals surface area contributed by atoms with Crippen molar-refractivity contribution < 1.29 is 8.83 Å². The number of aromatic nitrogens is 2. The Morgan fingerprint density at radius 3 is 1.54 bits per heavy atom. The van der Waals surface area contributed by atoms with Gasteiger partial charge in [-0.2, -0.15) is 9.97 Å². The van der Waals surface area contributed by atoms with Crippen molar-refractivity contribution in [2.24, 2.45) is 0 Å². The van der Waals surface area contributed by atoms with E-state index in [1.165, 1.54) is 0 Å². The smallest absolute Gasteiger partial charge is 0.298 e. The number of fused-ring (bicyclic) bond motifs is 2. The predicted octanol–water partition coefficient (Wildman–Crippen LogP) is 5.60. The van der Waals surface area contributed by atoms with Crippen LogP contribution in [0.4, 0.5) is 12.0 Å². The molecule has 4 heterocycles. The zero-order chi connectivity index (χ0) is 25.1. The van der Waals surface area contributed by atoms with Crippen LogP contribution in [0.2, 0.25) is 10.0 Å². The second-order valence-electron chi connectivity index (χ2n) is 9.32. The van der Waals surface area contributed by atoms with Gasteiger partial charge in [0.25, 0.3) is 12.0 Å². The average Bonchev–Trinajstić information content (AvgIpc) is 3.22. The number of halogens is 3. The van der Waals surface area contributed by atoms with Gasteiger partial charge in [0, 0.05) is 49.3 Å². The molecule has 0 saturated carbocycles. The molecule has 0 aliphatic carbocycles. The van der Waals surface area contributed by atoms with Crippen molar-refractivity contribution in [2.75, 3.05) is 62.2 Å². The Morgan fingerprint density at radius 2 is 1.11 bits per heavy atom. The summed E-state index contributed by atoms with van der Waals surface area (Å²) in [7, 11) is 0. The lowest BCUT2D eigenvalue weighted by Gasteiger charge is -2.16. The largest absolute Gasteiger partial charge is 0.423 e. The van der Waals surface area contributed by atoms with E-state index in [2.05, 4.69) is 30.4 Å². The summed E-state index contributed by atoms with van der Waals surface area (Å²) in [5, 5.41) is 8.15. The molecule has 2 N–H and O–H groups in total. The first-order chi connectivity index (χ1) is 17.5. The molecule has 6 rings (SSSR count). The molecule has 4 aromatic rings. The zero-order valence-electron chi connectivity index (χ0n) is 21.1. The summed E-state index contributed by atoms with van der Waals surface area (Å²) in [5.74, 6) is 0. The Hall–Kier alpha value is -2.23. The molecule has 200 valence electrons. The van der Waals surface area contributed by atoms with Crippen molar-refractivity contribution in [3.8, 4) is 0 Å². The third kappa shape index (κ3) is 6.62. The van der Waals surface area contributed by atoms with Crippen molar-refractivity contribution in [3.05, 3.63) is 45.4 Å². The second kappa shape index (κ2) is 12.5. The Balaban J connectivity index is 0.000000168. The highest BCUT2D eigenvalue weighted by atomic mass is 35.5. The van der Waals surface area contributed by atoms with E-state index < -0.39 is 0 Å². The van der Waals surface area contributed by atoms with Crippen LogP contribution in [0.5, 0.6) is 0 Å². The topological polar surface area (TPSA) is 82.6 Å². The number of nitrogens with zero attached hydrogens (tertiary/aromatic N) is 4. The molecule has 2 saturated heterocycles. The van der Waals surface area contributed by atoms with Crippen LogP contribution in [0.3, 0.4) is 0 Å². The highest BCUT2D eigenvalue weighted by Gasteiger charge is 2.18. The predicted molar refractivity (Wildman–Crippen MR) is 154 cm³/mol.